The molecule has 0 aliphatic carbocycles. The zero-order valence-electron chi connectivity index (χ0n) is 10.9. The number of nitrogens with zero attached hydrogens (tertiary/aromatic N) is 1. The van der Waals surface area contributed by atoms with E-state index in [1.54, 1.807) is 12.5 Å². The van der Waals surface area contributed by atoms with Crippen LogP contribution in [0.5, 0.6) is 0 Å². The Bertz CT molecular complexity index is 758. The highest BCUT2D eigenvalue weighted by Gasteiger charge is 2.17. The van der Waals surface area contributed by atoms with E-state index < -0.39 is 0 Å². The number of hydrogen-bond donors (Lipinski definition) is 1. The van der Waals surface area contributed by atoms with Crippen molar-refractivity contribution in [2.75, 3.05) is 0 Å². The Hall–Kier alpha value is -2.36. The van der Waals surface area contributed by atoms with Crippen molar-refractivity contribution in [1.82, 2.24) is 4.98 Å². The summed E-state index contributed by atoms with van der Waals surface area (Å²) < 4.78 is 5.15. The molecule has 3 rings (SSSR count). The largest absolute Gasteiger partial charge is 0.470 e. The molecule has 19 heavy (non-hydrogen) atoms. The molecule has 0 radical (unpaired) electrons. The van der Waals surface area contributed by atoms with Gasteiger partial charge in [0.05, 0.1) is 18.2 Å². The van der Waals surface area contributed by atoms with Gasteiger partial charge in [-0.2, -0.15) is 0 Å². The molecule has 1 aromatic carbocycles. The number of fused-ring (bicyclic) bond motifs is 3. The number of hydrogen-bond acceptors (Lipinski definition) is 3. The van der Waals surface area contributed by atoms with E-state index in [1.807, 2.05) is 26.0 Å². The molecule has 2 heterocycles. The van der Waals surface area contributed by atoms with Crippen LogP contribution in [0.3, 0.4) is 0 Å². The van der Waals surface area contributed by atoms with Gasteiger partial charge in [-0.1, -0.05) is 0 Å². The van der Waals surface area contributed by atoms with Crippen molar-refractivity contribution in [3.63, 3.8) is 0 Å². The molecule has 0 unspecified atom stereocenters. The molecule has 0 aromatic heterocycles. The van der Waals surface area contributed by atoms with E-state index in [0.29, 0.717) is 0 Å². The lowest BCUT2D eigenvalue weighted by Gasteiger charge is -2.09. The topological polar surface area (TPSA) is 69.1 Å². The lowest BCUT2D eigenvalue weighted by Crippen LogP contribution is -2.14. The van der Waals surface area contributed by atoms with Gasteiger partial charge in [0.2, 0.25) is 5.91 Å². The second kappa shape index (κ2) is 4.09. The summed E-state index contributed by atoms with van der Waals surface area (Å²) in [6.45, 7) is 4.06. The Morgan fingerprint density at radius 3 is 2.89 bits per heavy atom. The minimum atomic E-state index is -0.326. The first-order chi connectivity index (χ1) is 9.08. The van der Waals surface area contributed by atoms with Crippen LogP contribution in [0.25, 0.3) is 22.2 Å². The number of rotatable bonds is 2. The van der Waals surface area contributed by atoms with Crippen LogP contribution >= 0.6 is 0 Å². The fraction of sp³-hybridized carbons (Fsp3) is 0.200. The Morgan fingerprint density at radius 1 is 1.37 bits per heavy atom. The molecule has 0 saturated heterocycles. The quantitative estimate of drug-likeness (QED) is 0.764. The Morgan fingerprint density at radius 2 is 2.16 bits per heavy atom. The molecule has 0 bridgehead atoms. The van der Waals surface area contributed by atoms with E-state index in [4.69, 9.17) is 10.2 Å². The average Bonchev–Trinajstić information content (AvgIpc) is 2.73. The Labute approximate surface area is 110 Å². The number of primary amides is 1. The first kappa shape index (κ1) is 11.7. The maximum atomic E-state index is 11.1. The van der Waals surface area contributed by atoms with Crippen LogP contribution in [0, 0.1) is 13.8 Å². The minimum absolute atomic E-state index is 0.246. The van der Waals surface area contributed by atoms with Crippen molar-refractivity contribution in [2.45, 2.75) is 20.3 Å². The van der Waals surface area contributed by atoms with E-state index in [0.717, 1.165) is 38.9 Å². The molecule has 4 nitrogen and oxygen atoms in total. The van der Waals surface area contributed by atoms with Gasteiger partial charge < -0.3 is 10.2 Å². The fourth-order valence-corrected chi connectivity index (χ4v) is 2.55. The van der Waals surface area contributed by atoms with Gasteiger partial charge in [-0.15, -0.1) is 0 Å². The number of benzene rings is 1. The maximum Gasteiger partial charge on any atom is 0.221 e. The molecule has 2 aliphatic heterocycles. The zero-order valence-corrected chi connectivity index (χ0v) is 10.9. The van der Waals surface area contributed by atoms with Gasteiger partial charge in [0.1, 0.15) is 12.0 Å². The van der Waals surface area contributed by atoms with Gasteiger partial charge in [0, 0.05) is 10.9 Å². The molecule has 0 spiro atoms. The van der Waals surface area contributed by atoms with Crippen LogP contribution in [0.15, 0.2) is 29.1 Å². The third-order valence-electron chi connectivity index (χ3n) is 3.63. The molecular formula is C15H14N2O2. The molecule has 0 fully saturated rings. The van der Waals surface area contributed by atoms with Crippen LogP contribution in [-0.4, -0.2) is 10.9 Å². The summed E-state index contributed by atoms with van der Waals surface area (Å²) in [7, 11) is 0. The predicted molar refractivity (Wildman–Crippen MR) is 73.0 cm³/mol. The highest BCUT2D eigenvalue weighted by molar-refractivity contribution is 6.00. The molecule has 4 heteroatoms. The standard InChI is InChI=1S/C15H14N2O2/c1-8-9(2)15-11-3-4-19-7-13(11)17-12(15)5-10(8)6-14(16)18/h3-5,7H,6H2,1-2H3,(H2,16,18). The number of aromatic nitrogens is 1. The fourth-order valence-electron chi connectivity index (χ4n) is 2.55. The average molecular weight is 254 g/mol. The van der Waals surface area contributed by atoms with Gasteiger partial charge in [-0.25, -0.2) is 4.98 Å². The monoisotopic (exact) mass is 254 g/mol. The lowest BCUT2D eigenvalue weighted by molar-refractivity contribution is -0.117. The van der Waals surface area contributed by atoms with Crippen molar-refractivity contribution < 1.29 is 9.21 Å². The van der Waals surface area contributed by atoms with Crippen molar-refractivity contribution in [2.24, 2.45) is 5.73 Å². The SMILES string of the molecule is Cc1c(CC(N)=O)cc2nc3coccc-3c2c1C. The van der Waals surface area contributed by atoms with Crippen molar-refractivity contribution in [1.29, 1.82) is 0 Å². The Balaban J connectivity index is 2.35. The summed E-state index contributed by atoms with van der Waals surface area (Å²) >= 11 is 0. The second-order valence-electron chi connectivity index (χ2n) is 4.79. The second-order valence-corrected chi connectivity index (χ2v) is 4.79. The van der Waals surface area contributed by atoms with E-state index in [1.165, 1.54) is 0 Å². The number of carbonyl (C=O) groups is 1. The van der Waals surface area contributed by atoms with Crippen LogP contribution < -0.4 is 5.73 Å². The molecular weight excluding hydrogens is 240 g/mol. The van der Waals surface area contributed by atoms with Crippen LogP contribution in [0.1, 0.15) is 16.7 Å². The van der Waals surface area contributed by atoms with Crippen LogP contribution in [0.4, 0.5) is 0 Å². The van der Waals surface area contributed by atoms with E-state index >= 15 is 0 Å². The normalized spacial score (nSPS) is 11.3. The van der Waals surface area contributed by atoms with Gasteiger partial charge in [-0.3, -0.25) is 4.79 Å². The minimum Gasteiger partial charge on any atom is -0.470 e. The predicted octanol–water partition coefficient (Wildman–Crippen LogP) is 2.58. The van der Waals surface area contributed by atoms with Crippen molar-refractivity contribution >= 4 is 16.8 Å². The zero-order chi connectivity index (χ0) is 13.6. The van der Waals surface area contributed by atoms with Crippen LogP contribution in [0.2, 0.25) is 0 Å². The van der Waals surface area contributed by atoms with E-state index in [-0.39, 0.29) is 12.3 Å². The lowest BCUT2D eigenvalue weighted by atomic mass is 9.95. The van der Waals surface area contributed by atoms with Gasteiger partial charge in [0.15, 0.2) is 0 Å². The molecule has 0 saturated carbocycles. The molecule has 96 valence electrons. The number of aryl methyl sites for hydroxylation is 1. The molecule has 0 atom stereocenters. The number of carbonyl (C=O) groups excluding carboxylic acids is 1. The Kier molecular flexibility index (Phi) is 2.52. The maximum absolute atomic E-state index is 11.1. The van der Waals surface area contributed by atoms with E-state index in [2.05, 4.69) is 4.98 Å². The van der Waals surface area contributed by atoms with Crippen molar-refractivity contribution in [3.8, 4) is 11.3 Å². The smallest absolute Gasteiger partial charge is 0.221 e. The third-order valence-corrected chi connectivity index (χ3v) is 3.63. The first-order valence-electron chi connectivity index (χ1n) is 6.11. The summed E-state index contributed by atoms with van der Waals surface area (Å²) in [6, 6.07) is 3.87. The molecule has 2 aliphatic rings. The van der Waals surface area contributed by atoms with Gasteiger partial charge >= 0.3 is 0 Å². The summed E-state index contributed by atoms with van der Waals surface area (Å²) in [4.78, 5) is 15.7. The van der Waals surface area contributed by atoms with E-state index in [9.17, 15) is 4.79 Å². The summed E-state index contributed by atoms with van der Waals surface area (Å²) in [6.07, 6.45) is 3.53. The first-order valence-corrected chi connectivity index (χ1v) is 6.11. The molecule has 2 N–H and O–H groups in total. The summed E-state index contributed by atoms with van der Waals surface area (Å²) in [5.41, 5.74) is 11.3. The molecule has 1 aromatic rings. The highest BCUT2D eigenvalue weighted by atomic mass is 16.3. The summed E-state index contributed by atoms with van der Waals surface area (Å²) in [5, 5.41) is 1.12. The molecule has 1 amide bonds. The van der Waals surface area contributed by atoms with Gasteiger partial charge in [-0.05, 0) is 42.7 Å². The number of amides is 1. The van der Waals surface area contributed by atoms with Gasteiger partial charge in [0.25, 0.3) is 0 Å². The van der Waals surface area contributed by atoms with Crippen LogP contribution in [-0.2, 0) is 11.2 Å². The third kappa shape index (κ3) is 1.76. The summed E-state index contributed by atoms with van der Waals surface area (Å²) in [5.74, 6) is -0.326. The number of nitrogens with two attached hydrogens (primary N) is 1. The highest BCUT2D eigenvalue weighted by Crippen LogP contribution is 2.35. The van der Waals surface area contributed by atoms with Crippen molar-refractivity contribution in [3.05, 3.63) is 41.3 Å².